The molecule has 4 nitrogen and oxygen atoms in total. The van der Waals surface area contributed by atoms with Crippen LogP contribution in [0.1, 0.15) is 31.0 Å². The molecular formula is C21H26ClN3O. The number of rotatable bonds is 6. The largest absolute Gasteiger partial charge is 0.338 e. The third-order valence-electron chi connectivity index (χ3n) is 5.03. The van der Waals surface area contributed by atoms with Crippen molar-refractivity contribution in [2.24, 2.45) is 0 Å². The van der Waals surface area contributed by atoms with Gasteiger partial charge in [-0.15, -0.1) is 0 Å². The molecule has 2 aromatic rings. The van der Waals surface area contributed by atoms with Gasteiger partial charge in [0.05, 0.1) is 6.04 Å². The van der Waals surface area contributed by atoms with Crippen LogP contribution in [0.3, 0.4) is 0 Å². The van der Waals surface area contributed by atoms with Crippen LogP contribution in [0.15, 0.2) is 48.7 Å². The molecule has 2 atom stereocenters. The summed E-state index contributed by atoms with van der Waals surface area (Å²) in [7, 11) is 0. The number of aromatic nitrogens is 1. The van der Waals surface area contributed by atoms with Gasteiger partial charge in [0.15, 0.2) is 0 Å². The minimum absolute atomic E-state index is 0.147. The summed E-state index contributed by atoms with van der Waals surface area (Å²) in [5.41, 5.74) is 2.26. The number of carbonyl (C=O) groups excluding carboxylic acids is 1. The van der Waals surface area contributed by atoms with E-state index in [2.05, 4.69) is 16.4 Å². The van der Waals surface area contributed by atoms with Gasteiger partial charge in [-0.1, -0.05) is 29.8 Å². The lowest BCUT2D eigenvalue weighted by atomic mass is 9.90. The maximum absolute atomic E-state index is 12.2. The van der Waals surface area contributed by atoms with Crippen LogP contribution < -0.4 is 5.32 Å². The molecule has 0 saturated carbocycles. The molecule has 26 heavy (non-hydrogen) atoms. The molecule has 138 valence electrons. The fourth-order valence-electron chi connectivity index (χ4n) is 3.78. The summed E-state index contributed by atoms with van der Waals surface area (Å²) in [5, 5.41) is 4.42. The Morgan fingerprint density at radius 2 is 2.19 bits per heavy atom. The topological polar surface area (TPSA) is 45.2 Å². The van der Waals surface area contributed by atoms with Crippen molar-refractivity contribution in [1.82, 2.24) is 15.2 Å². The van der Waals surface area contributed by atoms with Gasteiger partial charge < -0.3 is 10.2 Å². The van der Waals surface area contributed by atoms with Gasteiger partial charge in [0.25, 0.3) is 0 Å². The van der Waals surface area contributed by atoms with E-state index in [9.17, 15) is 4.79 Å². The summed E-state index contributed by atoms with van der Waals surface area (Å²) in [6.07, 6.45) is 5.65. The quantitative estimate of drug-likeness (QED) is 0.845. The monoisotopic (exact) mass is 371 g/mol. The van der Waals surface area contributed by atoms with Crippen molar-refractivity contribution < 1.29 is 4.79 Å². The highest BCUT2D eigenvalue weighted by Crippen LogP contribution is 2.23. The summed E-state index contributed by atoms with van der Waals surface area (Å²) in [5.74, 6) is 0.147. The van der Waals surface area contributed by atoms with Crippen molar-refractivity contribution in [2.45, 2.75) is 44.7 Å². The number of carbonyl (C=O) groups is 1. The Hall–Kier alpha value is -1.91. The second-order valence-corrected chi connectivity index (χ2v) is 7.32. The van der Waals surface area contributed by atoms with Crippen LogP contribution in [0.2, 0.25) is 5.02 Å². The third kappa shape index (κ3) is 5.05. The molecule has 1 N–H and O–H groups in total. The molecule has 0 unspecified atom stereocenters. The first-order chi connectivity index (χ1) is 12.6. The number of hydrogen-bond donors (Lipinski definition) is 1. The third-order valence-corrected chi connectivity index (χ3v) is 5.27. The standard InChI is InChI=1S/C21H26ClN3O/c1-16(26)25-13-5-9-20(24-12-10-19-8-2-3-11-23-19)21(25)15-17-6-4-7-18(22)14-17/h2-4,6-8,11,14,20-21,24H,5,9-10,12-13,15H2,1H3/t20-,21-/m0/s1. The van der Waals surface area contributed by atoms with E-state index in [1.165, 1.54) is 5.56 Å². The van der Waals surface area contributed by atoms with E-state index in [1.54, 1.807) is 6.92 Å². The maximum atomic E-state index is 12.2. The Bertz CT molecular complexity index is 722. The van der Waals surface area contributed by atoms with Crippen LogP contribution in [0.25, 0.3) is 0 Å². The van der Waals surface area contributed by atoms with Gasteiger partial charge in [-0.25, -0.2) is 0 Å². The van der Waals surface area contributed by atoms with Crippen molar-refractivity contribution in [2.75, 3.05) is 13.1 Å². The maximum Gasteiger partial charge on any atom is 0.219 e. The molecule has 1 amide bonds. The molecule has 1 saturated heterocycles. The lowest BCUT2D eigenvalue weighted by Gasteiger charge is -2.41. The van der Waals surface area contributed by atoms with Gasteiger partial charge in [-0.3, -0.25) is 9.78 Å². The summed E-state index contributed by atoms with van der Waals surface area (Å²) in [6.45, 7) is 3.36. The average Bonchev–Trinajstić information content (AvgIpc) is 2.63. The van der Waals surface area contributed by atoms with Crippen molar-refractivity contribution in [3.63, 3.8) is 0 Å². The Morgan fingerprint density at radius 1 is 1.31 bits per heavy atom. The van der Waals surface area contributed by atoms with E-state index in [0.717, 1.165) is 49.5 Å². The summed E-state index contributed by atoms with van der Waals surface area (Å²) < 4.78 is 0. The smallest absolute Gasteiger partial charge is 0.219 e. The Balaban J connectivity index is 1.67. The first-order valence-electron chi connectivity index (χ1n) is 9.28. The number of benzene rings is 1. The summed E-state index contributed by atoms with van der Waals surface area (Å²) in [6, 6.07) is 14.4. The van der Waals surface area contributed by atoms with Crippen LogP contribution in [-0.2, 0) is 17.6 Å². The molecule has 1 fully saturated rings. The first-order valence-corrected chi connectivity index (χ1v) is 9.66. The van der Waals surface area contributed by atoms with Gasteiger partial charge in [0.2, 0.25) is 5.91 Å². The van der Waals surface area contributed by atoms with E-state index in [4.69, 9.17) is 11.6 Å². The van der Waals surface area contributed by atoms with Crippen molar-refractivity contribution in [3.05, 3.63) is 64.9 Å². The molecule has 5 heteroatoms. The molecule has 0 spiro atoms. The molecule has 0 aliphatic carbocycles. The minimum atomic E-state index is 0.147. The zero-order valence-electron chi connectivity index (χ0n) is 15.2. The van der Waals surface area contributed by atoms with E-state index in [0.29, 0.717) is 0 Å². The lowest BCUT2D eigenvalue weighted by molar-refractivity contribution is -0.133. The number of amides is 1. The number of halogens is 1. The zero-order chi connectivity index (χ0) is 18.4. The van der Waals surface area contributed by atoms with Gasteiger partial charge >= 0.3 is 0 Å². The number of pyridine rings is 1. The molecule has 3 rings (SSSR count). The van der Waals surface area contributed by atoms with E-state index >= 15 is 0 Å². The Morgan fingerprint density at radius 3 is 2.92 bits per heavy atom. The average molecular weight is 372 g/mol. The molecule has 1 aromatic carbocycles. The highest BCUT2D eigenvalue weighted by Gasteiger charge is 2.32. The summed E-state index contributed by atoms with van der Waals surface area (Å²) in [4.78, 5) is 18.6. The highest BCUT2D eigenvalue weighted by atomic mass is 35.5. The normalized spacial score (nSPS) is 20.2. The Labute approximate surface area is 160 Å². The van der Waals surface area contributed by atoms with Crippen LogP contribution in [-0.4, -0.2) is 41.0 Å². The van der Waals surface area contributed by atoms with E-state index < -0.39 is 0 Å². The number of piperidine rings is 1. The van der Waals surface area contributed by atoms with Crippen LogP contribution in [0, 0.1) is 0 Å². The first kappa shape index (κ1) is 18.9. The van der Waals surface area contributed by atoms with Gasteiger partial charge in [0, 0.05) is 49.4 Å². The molecule has 1 aliphatic rings. The second-order valence-electron chi connectivity index (χ2n) is 6.89. The van der Waals surface area contributed by atoms with Crippen molar-refractivity contribution in [1.29, 1.82) is 0 Å². The zero-order valence-corrected chi connectivity index (χ0v) is 16.0. The van der Waals surface area contributed by atoms with Crippen LogP contribution >= 0.6 is 11.6 Å². The fraction of sp³-hybridized carbons (Fsp3) is 0.429. The number of hydrogen-bond acceptors (Lipinski definition) is 3. The predicted molar refractivity (Wildman–Crippen MR) is 105 cm³/mol. The van der Waals surface area contributed by atoms with E-state index in [-0.39, 0.29) is 18.0 Å². The highest BCUT2D eigenvalue weighted by molar-refractivity contribution is 6.30. The van der Waals surface area contributed by atoms with Crippen LogP contribution in [0.5, 0.6) is 0 Å². The predicted octanol–water partition coefficient (Wildman–Crippen LogP) is 3.49. The summed E-state index contributed by atoms with van der Waals surface area (Å²) >= 11 is 6.15. The fourth-order valence-corrected chi connectivity index (χ4v) is 3.99. The SMILES string of the molecule is CC(=O)N1CCC[C@H](NCCc2ccccn2)[C@@H]1Cc1cccc(Cl)c1. The number of nitrogens with one attached hydrogen (secondary N) is 1. The Kier molecular flexibility index (Phi) is 6.64. The van der Waals surface area contributed by atoms with Crippen molar-refractivity contribution >= 4 is 17.5 Å². The number of nitrogens with zero attached hydrogens (tertiary/aromatic N) is 2. The lowest BCUT2D eigenvalue weighted by Crippen LogP contribution is -2.56. The molecular weight excluding hydrogens is 346 g/mol. The van der Waals surface area contributed by atoms with Crippen molar-refractivity contribution in [3.8, 4) is 0 Å². The van der Waals surface area contributed by atoms with E-state index in [1.807, 2.05) is 47.5 Å². The molecule has 0 bridgehead atoms. The minimum Gasteiger partial charge on any atom is -0.338 e. The molecule has 0 radical (unpaired) electrons. The second kappa shape index (κ2) is 9.15. The molecule has 1 aliphatic heterocycles. The van der Waals surface area contributed by atoms with Crippen LogP contribution in [0.4, 0.5) is 0 Å². The molecule has 2 heterocycles. The van der Waals surface area contributed by atoms with Gasteiger partial charge in [-0.05, 0) is 49.1 Å². The number of likely N-dealkylation sites (tertiary alicyclic amines) is 1. The van der Waals surface area contributed by atoms with Gasteiger partial charge in [0.1, 0.15) is 0 Å². The molecule has 1 aromatic heterocycles. The van der Waals surface area contributed by atoms with Gasteiger partial charge in [-0.2, -0.15) is 0 Å².